The molecule has 0 fully saturated rings. The monoisotopic (exact) mass is 303 g/mol. The number of aromatic carboxylic acids is 1. The lowest BCUT2D eigenvalue weighted by molar-refractivity contribution is -0.174. The van der Waals surface area contributed by atoms with Gasteiger partial charge >= 0.3 is 12.1 Å². The summed E-state index contributed by atoms with van der Waals surface area (Å²) < 4.78 is 65.5. The highest BCUT2D eigenvalue weighted by Crippen LogP contribution is 2.21. The molecule has 20 heavy (non-hydrogen) atoms. The van der Waals surface area contributed by atoms with Crippen LogP contribution in [0.4, 0.5) is 22.0 Å². The fourth-order valence-corrected chi connectivity index (χ4v) is 1.36. The van der Waals surface area contributed by atoms with Crippen LogP contribution < -0.4 is 0 Å². The van der Waals surface area contributed by atoms with E-state index in [-0.39, 0.29) is 19.6 Å². The van der Waals surface area contributed by atoms with Crippen molar-refractivity contribution in [3.05, 3.63) is 11.4 Å². The van der Waals surface area contributed by atoms with Crippen LogP contribution in [0.15, 0.2) is 0 Å². The summed E-state index contributed by atoms with van der Waals surface area (Å²) in [5.74, 6) is -1.65. The highest BCUT2D eigenvalue weighted by molar-refractivity contribution is 5.86. The van der Waals surface area contributed by atoms with Crippen LogP contribution >= 0.6 is 0 Å². The minimum atomic E-state index is -4.46. The smallest absolute Gasteiger partial charge is 0.411 e. The number of carboxylic acids is 1. The van der Waals surface area contributed by atoms with Gasteiger partial charge in [0.05, 0.1) is 0 Å². The van der Waals surface area contributed by atoms with Gasteiger partial charge in [-0.2, -0.15) is 13.2 Å². The highest BCUT2D eigenvalue weighted by atomic mass is 19.4. The Labute approximate surface area is 109 Å². The summed E-state index contributed by atoms with van der Waals surface area (Å²) in [6, 6.07) is 0. The first-order valence-corrected chi connectivity index (χ1v) is 5.31. The zero-order valence-electron chi connectivity index (χ0n) is 9.90. The third kappa shape index (κ3) is 4.72. The molecule has 1 aromatic heterocycles. The molecule has 0 amide bonds. The molecule has 0 aliphatic rings. The van der Waals surface area contributed by atoms with Gasteiger partial charge in [-0.05, 0) is 6.42 Å². The summed E-state index contributed by atoms with van der Waals surface area (Å²) in [6.45, 7) is -1.99. The van der Waals surface area contributed by atoms with Crippen LogP contribution in [-0.4, -0.2) is 45.5 Å². The lowest BCUT2D eigenvalue weighted by atomic mass is 10.3. The largest absolute Gasteiger partial charge is 0.476 e. The summed E-state index contributed by atoms with van der Waals surface area (Å²) in [6.07, 6.45) is -7.61. The molecule has 0 aromatic carbocycles. The number of halogens is 5. The minimum absolute atomic E-state index is 0.0434. The molecule has 0 saturated heterocycles. The zero-order chi connectivity index (χ0) is 15.3. The number of hydrogen-bond acceptors (Lipinski definition) is 4. The molecule has 6 nitrogen and oxygen atoms in total. The van der Waals surface area contributed by atoms with E-state index in [4.69, 9.17) is 5.11 Å². The second-order valence-corrected chi connectivity index (χ2v) is 3.67. The zero-order valence-corrected chi connectivity index (χ0v) is 9.90. The van der Waals surface area contributed by atoms with Crippen LogP contribution in [0.25, 0.3) is 0 Å². The minimum Gasteiger partial charge on any atom is -0.476 e. The number of ether oxygens (including phenoxy) is 1. The van der Waals surface area contributed by atoms with E-state index in [1.807, 2.05) is 0 Å². The Bertz CT molecular complexity index is 460. The normalized spacial score (nSPS) is 12.1. The second-order valence-electron chi connectivity index (χ2n) is 3.67. The molecule has 1 aromatic rings. The van der Waals surface area contributed by atoms with Crippen molar-refractivity contribution in [2.24, 2.45) is 0 Å². The van der Waals surface area contributed by atoms with Crippen molar-refractivity contribution in [1.29, 1.82) is 0 Å². The first kappa shape index (κ1) is 16.3. The van der Waals surface area contributed by atoms with E-state index in [2.05, 4.69) is 15.0 Å². The molecular weight excluding hydrogens is 293 g/mol. The predicted octanol–water partition coefficient (Wildman–Crippen LogP) is 1.88. The van der Waals surface area contributed by atoms with Crippen molar-refractivity contribution in [2.45, 2.75) is 25.6 Å². The standard InChI is InChI=1S/C9H10F5N3O3/c10-7(11)6-5(8(18)19)15-16-17(6)2-1-3-20-4-9(12,13)14/h7H,1-4H2,(H,18,19). The molecule has 0 saturated carbocycles. The van der Waals surface area contributed by atoms with Gasteiger partial charge in [-0.25, -0.2) is 18.3 Å². The number of aryl methyl sites for hydroxylation is 1. The van der Waals surface area contributed by atoms with Gasteiger partial charge in [0.2, 0.25) is 0 Å². The molecule has 114 valence electrons. The third-order valence-electron chi connectivity index (χ3n) is 2.11. The van der Waals surface area contributed by atoms with Crippen molar-refractivity contribution in [3.63, 3.8) is 0 Å². The molecule has 11 heteroatoms. The van der Waals surface area contributed by atoms with E-state index >= 15 is 0 Å². The Hall–Kier alpha value is -1.78. The molecule has 0 unspecified atom stereocenters. The van der Waals surface area contributed by atoms with E-state index in [1.54, 1.807) is 0 Å². The van der Waals surface area contributed by atoms with Crippen LogP contribution in [0.1, 0.15) is 29.0 Å². The van der Waals surface area contributed by atoms with E-state index < -0.39 is 36.6 Å². The van der Waals surface area contributed by atoms with Gasteiger partial charge in [-0.15, -0.1) is 5.10 Å². The fourth-order valence-electron chi connectivity index (χ4n) is 1.36. The highest BCUT2D eigenvalue weighted by Gasteiger charge is 2.28. The summed E-state index contributed by atoms with van der Waals surface area (Å²) in [4.78, 5) is 10.6. The van der Waals surface area contributed by atoms with Gasteiger partial charge < -0.3 is 9.84 Å². The van der Waals surface area contributed by atoms with Gasteiger partial charge in [0, 0.05) is 13.2 Å². The van der Waals surface area contributed by atoms with Crippen molar-refractivity contribution >= 4 is 5.97 Å². The van der Waals surface area contributed by atoms with Crippen LogP contribution in [-0.2, 0) is 11.3 Å². The summed E-state index contributed by atoms with van der Waals surface area (Å²) in [7, 11) is 0. The van der Waals surface area contributed by atoms with E-state index in [0.29, 0.717) is 4.68 Å². The quantitative estimate of drug-likeness (QED) is 0.615. The molecule has 0 bridgehead atoms. The number of nitrogens with zero attached hydrogens (tertiary/aromatic N) is 3. The topological polar surface area (TPSA) is 77.2 Å². The Balaban J connectivity index is 2.54. The molecule has 0 aliphatic heterocycles. The molecule has 0 aliphatic carbocycles. The average Bonchev–Trinajstić information content (AvgIpc) is 2.71. The molecule has 0 atom stereocenters. The maximum absolute atomic E-state index is 12.7. The molecule has 1 N–H and O–H groups in total. The average molecular weight is 303 g/mol. The number of aromatic nitrogens is 3. The first-order valence-electron chi connectivity index (χ1n) is 5.31. The van der Waals surface area contributed by atoms with E-state index in [1.165, 1.54) is 0 Å². The van der Waals surface area contributed by atoms with Crippen LogP contribution in [0.2, 0.25) is 0 Å². The number of carboxylic acid groups (broad SMARTS) is 1. The van der Waals surface area contributed by atoms with Crippen molar-refractivity contribution in [3.8, 4) is 0 Å². The van der Waals surface area contributed by atoms with Gasteiger partial charge in [0.15, 0.2) is 5.69 Å². The lowest BCUT2D eigenvalue weighted by Crippen LogP contribution is -2.18. The van der Waals surface area contributed by atoms with Crippen molar-refractivity contribution < 1.29 is 36.6 Å². The summed E-state index contributed by atoms with van der Waals surface area (Å²) in [5, 5.41) is 14.9. The van der Waals surface area contributed by atoms with Gasteiger partial charge in [0.25, 0.3) is 6.43 Å². The SMILES string of the molecule is O=C(O)c1nnn(CCCOCC(F)(F)F)c1C(F)F. The molecule has 1 rings (SSSR count). The molecule has 0 radical (unpaired) electrons. The fraction of sp³-hybridized carbons (Fsp3) is 0.667. The molecule has 0 spiro atoms. The Morgan fingerprint density at radius 3 is 2.55 bits per heavy atom. The number of carbonyl (C=O) groups is 1. The Morgan fingerprint density at radius 2 is 2.05 bits per heavy atom. The Morgan fingerprint density at radius 1 is 1.40 bits per heavy atom. The second kappa shape index (κ2) is 6.59. The van der Waals surface area contributed by atoms with E-state index in [9.17, 15) is 26.7 Å². The number of rotatable bonds is 7. The van der Waals surface area contributed by atoms with Crippen LogP contribution in [0.3, 0.4) is 0 Å². The maximum Gasteiger partial charge on any atom is 0.411 e. The van der Waals surface area contributed by atoms with Crippen molar-refractivity contribution in [2.75, 3.05) is 13.2 Å². The molecule has 1 heterocycles. The Kier molecular flexibility index (Phi) is 5.36. The lowest BCUT2D eigenvalue weighted by Gasteiger charge is -2.08. The van der Waals surface area contributed by atoms with Crippen LogP contribution in [0.5, 0.6) is 0 Å². The summed E-state index contributed by atoms with van der Waals surface area (Å²) >= 11 is 0. The van der Waals surface area contributed by atoms with Crippen LogP contribution in [0, 0.1) is 0 Å². The van der Waals surface area contributed by atoms with Gasteiger partial charge in [0.1, 0.15) is 12.3 Å². The first-order chi connectivity index (χ1) is 9.22. The number of hydrogen-bond donors (Lipinski definition) is 1. The third-order valence-corrected chi connectivity index (χ3v) is 2.11. The number of alkyl halides is 5. The van der Waals surface area contributed by atoms with Crippen molar-refractivity contribution in [1.82, 2.24) is 15.0 Å². The van der Waals surface area contributed by atoms with Gasteiger partial charge in [-0.1, -0.05) is 5.21 Å². The maximum atomic E-state index is 12.7. The molecular formula is C9H10F5N3O3. The predicted molar refractivity (Wildman–Crippen MR) is 53.4 cm³/mol. The van der Waals surface area contributed by atoms with Gasteiger partial charge in [-0.3, -0.25) is 0 Å². The summed E-state index contributed by atoms with van der Waals surface area (Å²) in [5.41, 5.74) is -1.76. The van der Waals surface area contributed by atoms with E-state index in [0.717, 1.165) is 0 Å².